The van der Waals surface area contributed by atoms with Crippen LogP contribution in [0, 0.1) is 12.7 Å². The first-order chi connectivity index (χ1) is 14.8. The number of aromatic nitrogens is 1. The lowest BCUT2D eigenvalue weighted by atomic mass is 9.75. The molecule has 0 bridgehead atoms. The van der Waals surface area contributed by atoms with Crippen molar-refractivity contribution in [3.8, 4) is 0 Å². The zero-order chi connectivity index (χ0) is 22.2. The van der Waals surface area contributed by atoms with Crippen LogP contribution in [0.1, 0.15) is 54.8 Å². The summed E-state index contributed by atoms with van der Waals surface area (Å²) in [7, 11) is 1.64. The summed E-state index contributed by atoms with van der Waals surface area (Å²) in [6.07, 6.45) is 3.02. The van der Waals surface area contributed by atoms with Crippen molar-refractivity contribution in [3.05, 3.63) is 51.7 Å². The lowest BCUT2D eigenvalue weighted by molar-refractivity contribution is -0.144. The Morgan fingerprint density at radius 2 is 2.00 bits per heavy atom. The van der Waals surface area contributed by atoms with Gasteiger partial charge in [-0.1, -0.05) is 31.0 Å². The molecule has 2 heterocycles. The Kier molecular flexibility index (Phi) is 5.92. The molecular weight excluding hydrogens is 417 g/mol. The Morgan fingerprint density at radius 1 is 1.29 bits per heavy atom. The monoisotopic (exact) mass is 443 g/mol. The van der Waals surface area contributed by atoms with Gasteiger partial charge < -0.3 is 4.90 Å². The van der Waals surface area contributed by atoms with Crippen LogP contribution in [-0.2, 0) is 26.3 Å². The highest BCUT2D eigenvalue weighted by molar-refractivity contribution is 7.09. The number of nitrogens with zero attached hydrogens (tertiary/aromatic N) is 3. The van der Waals surface area contributed by atoms with Gasteiger partial charge in [-0.15, -0.1) is 11.3 Å². The first-order valence-corrected chi connectivity index (χ1v) is 11.5. The number of likely N-dealkylation sites (tertiary alicyclic amines) is 1. The molecule has 1 aromatic heterocycles. The van der Waals surface area contributed by atoms with Crippen molar-refractivity contribution in [2.45, 2.75) is 63.5 Å². The number of benzene rings is 1. The number of carbonyl (C=O) groups is 3. The molecule has 0 unspecified atom stereocenters. The number of halogens is 1. The number of rotatable bonds is 6. The van der Waals surface area contributed by atoms with E-state index in [1.165, 1.54) is 33.3 Å². The smallest absolute Gasteiger partial charge is 0.241 e. The highest BCUT2D eigenvalue weighted by Gasteiger charge is 2.56. The van der Waals surface area contributed by atoms with Gasteiger partial charge in [-0.2, -0.15) is 0 Å². The van der Waals surface area contributed by atoms with Gasteiger partial charge in [0.25, 0.3) is 0 Å². The molecule has 0 radical (unpaired) electrons. The number of hydrogen-bond acceptors (Lipinski definition) is 5. The molecular formula is C23H26FN3O3S. The number of carbonyl (C=O) groups excluding carboxylic acids is 3. The van der Waals surface area contributed by atoms with Crippen LogP contribution in [0.3, 0.4) is 0 Å². The second kappa shape index (κ2) is 8.49. The molecule has 2 aliphatic rings. The summed E-state index contributed by atoms with van der Waals surface area (Å²) in [5.74, 6) is -1.64. The van der Waals surface area contributed by atoms with Gasteiger partial charge in [-0.25, -0.2) is 9.37 Å². The van der Waals surface area contributed by atoms with Gasteiger partial charge in [0.15, 0.2) is 0 Å². The molecule has 0 N–H and O–H groups in total. The van der Waals surface area contributed by atoms with Crippen LogP contribution in [0.25, 0.3) is 0 Å². The third-order valence-corrected chi connectivity index (χ3v) is 7.20. The van der Waals surface area contributed by atoms with E-state index in [4.69, 9.17) is 0 Å². The molecule has 164 valence electrons. The predicted octanol–water partition coefficient (Wildman–Crippen LogP) is 3.58. The van der Waals surface area contributed by atoms with Crippen molar-refractivity contribution in [1.29, 1.82) is 0 Å². The molecule has 1 aliphatic heterocycles. The van der Waals surface area contributed by atoms with E-state index < -0.39 is 17.1 Å². The summed E-state index contributed by atoms with van der Waals surface area (Å²) >= 11 is 1.50. The Hall–Kier alpha value is -2.61. The van der Waals surface area contributed by atoms with Crippen LogP contribution in [-0.4, -0.2) is 45.6 Å². The zero-order valence-electron chi connectivity index (χ0n) is 17.8. The first-order valence-electron chi connectivity index (χ1n) is 10.6. The minimum absolute atomic E-state index is 0.125. The molecule has 31 heavy (non-hydrogen) atoms. The molecule has 1 saturated carbocycles. The summed E-state index contributed by atoms with van der Waals surface area (Å²) in [6, 6.07) is 5.83. The number of hydrogen-bond donors (Lipinski definition) is 0. The molecule has 1 atom stereocenters. The second-order valence-electron chi connectivity index (χ2n) is 8.53. The average molecular weight is 444 g/mol. The Bertz CT molecular complexity index is 1020. The summed E-state index contributed by atoms with van der Waals surface area (Å²) in [5.41, 5.74) is -0.617. The van der Waals surface area contributed by atoms with Crippen molar-refractivity contribution in [2.24, 2.45) is 0 Å². The third-order valence-electron chi connectivity index (χ3n) is 6.37. The Labute approximate surface area is 185 Å². The van der Waals surface area contributed by atoms with Crippen molar-refractivity contribution in [3.63, 3.8) is 0 Å². The lowest BCUT2D eigenvalue weighted by Crippen LogP contribution is -2.45. The maximum atomic E-state index is 14.9. The number of thiazole rings is 1. The highest BCUT2D eigenvalue weighted by Crippen LogP contribution is 2.43. The van der Waals surface area contributed by atoms with Crippen molar-refractivity contribution < 1.29 is 18.8 Å². The molecule has 0 spiro atoms. The molecule has 3 amide bonds. The summed E-state index contributed by atoms with van der Waals surface area (Å²) < 4.78 is 14.9. The summed E-state index contributed by atoms with van der Waals surface area (Å²) in [6.45, 7) is 2.19. The molecule has 6 nitrogen and oxygen atoms in total. The number of aryl methyl sites for hydroxylation is 1. The van der Waals surface area contributed by atoms with Crippen molar-refractivity contribution in [2.75, 3.05) is 7.05 Å². The van der Waals surface area contributed by atoms with Gasteiger partial charge in [-0.3, -0.25) is 19.3 Å². The minimum Gasteiger partial charge on any atom is -0.340 e. The molecule has 1 aromatic carbocycles. The van der Waals surface area contributed by atoms with Crippen LogP contribution in [0.4, 0.5) is 4.39 Å². The zero-order valence-corrected chi connectivity index (χ0v) is 18.6. The fourth-order valence-corrected chi connectivity index (χ4v) is 5.40. The largest absolute Gasteiger partial charge is 0.340 e. The highest BCUT2D eigenvalue weighted by atomic mass is 32.1. The van der Waals surface area contributed by atoms with Crippen LogP contribution < -0.4 is 0 Å². The maximum Gasteiger partial charge on any atom is 0.241 e. The molecule has 8 heteroatoms. The van der Waals surface area contributed by atoms with E-state index in [1.807, 2.05) is 12.3 Å². The summed E-state index contributed by atoms with van der Waals surface area (Å²) in [4.78, 5) is 47.0. The quantitative estimate of drug-likeness (QED) is 0.640. The van der Waals surface area contributed by atoms with Gasteiger partial charge in [0.05, 0.1) is 22.7 Å². The maximum absolute atomic E-state index is 14.9. The van der Waals surface area contributed by atoms with Gasteiger partial charge in [-0.05, 0) is 25.8 Å². The van der Waals surface area contributed by atoms with E-state index in [1.54, 1.807) is 19.2 Å². The molecule has 1 saturated heterocycles. The van der Waals surface area contributed by atoms with Gasteiger partial charge >= 0.3 is 0 Å². The van der Waals surface area contributed by atoms with E-state index in [0.29, 0.717) is 6.54 Å². The van der Waals surface area contributed by atoms with E-state index in [0.717, 1.165) is 36.4 Å². The second-order valence-corrected chi connectivity index (χ2v) is 9.59. The minimum atomic E-state index is -1.51. The number of imide groups is 1. The molecule has 2 aromatic rings. The lowest BCUT2D eigenvalue weighted by Gasteiger charge is -2.30. The number of amides is 3. The summed E-state index contributed by atoms with van der Waals surface area (Å²) in [5, 5.41) is 2.79. The van der Waals surface area contributed by atoms with E-state index >= 15 is 0 Å². The van der Waals surface area contributed by atoms with Gasteiger partial charge in [0.2, 0.25) is 17.7 Å². The molecule has 1 aliphatic carbocycles. The van der Waals surface area contributed by atoms with E-state index in [9.17, 15) is 18.8 Å². The predicted molar refractivity (Wildman–Crippen MR) is 115 cm³/mol. The van der Waals surface area contributed by atoms with Crippen LogP contribution in [0.5, 0.6) is 0 Å². The fourth-order valence-electron chi connectivity index (χ4n) is 4.79. The van der Waals surface area contributed by atoms with Gasteiger partial charge in [0, 0.05) is 36.9 Å². The van der Waals surface area contributed by atoms with Gasteiger partial charge in [0.1, 0.15) is 5.82 Å². The Morgan fingerprint density at radius 3 is 2.65 bits per heavy atom. The van der Waals surface area contributed by atoms with E-state index in [2.05, 4.69) is 4.98 Å². The topological polar surface area (TPSA) is 70.6 Å². The third kappa shape index (κ3) is 4.01. The van der Waals surface area contributed by atoms with Crippen LogP contribution in [0.15, 0.2) is 29.6 Å². The standard InChI is InChI=1S/C23H26FN3O3S/c1-15-25-16(14-31-15)13-26(2)20(28)11-23(18-9-5-6-10-19(18)24)12-21(29)27(22(23)30)17-7-3-4-8-17/h5-6,9-10,14,17H,3-4,7-8,11-13H2,1-2H3/t23-/m1/s1. The van der Waals surface area contributed by atoms with Crippen molar-refractivity contribution in [1.82, 2.24) is 14.8 Å². The van der Waals surface area contributed by atoms with E-state index in [-0.39, 0.29) is 36.3 Å². The SMILES string of the molecule is Cc1nc(CN(C)C(=O)C[C@]2(c3ccccc3F)CC(=O)N(C3CCCC3)C2=O)cs1. The van der Waals surface area contributed by atoms with Crippen LogP contribution >= 0.6 is 11.3 Å². The molecule has 4 rings (SSSR count). The first kappa shape index (κ1) is 21.6. The van der Waals surface area contributed by atoms with Crippen molar-refractivity contribution >= 4 is 29.1 Å². The fraction of sp³-hybridized carbons (Fsp3) is 0.478. The normalized spacial score (nSPS) is 21.8. The average Bonchev–Trinajstić information content (AvgIpc) is 3.44. The Balaban J connectivity index is 1.65. The molecule has 2 fully saturated rings. The van der Waals surface area contributed by atoms with Crippen LogP contribution in [0.2, 0.25) is 0 Å².